The van der Waals surface area contributed by atoms with Crippen molar-refractivity contribution in [1.29, 1.82) is 0 Å². The average Bonchev–Trinajstić information content (AvgIpc) is 3.10. The SMILES string of the molecule is CCOC1CC(NC(=O)c2nnn(C3CCNCC3)c2C)C12CCCCC2. The van der Waals surface area contributed by atoms with E-state index in [9.17, 15) is 4.79 Å². The number of rotatable bonds is 5. The number of ether oxygens (including phenoxy) is 1. The maximum atomic E-state index is 13.0. The Bertz CT molecular complexity index is 661. The Morgan fingerprint density at radius 1 is 1.30 bits per heavy atom. The van der Waals surface area contributed by atoms with Crippen molar-refractivity contribution in [1.82, 2.24) is 25.6 Å². The van der Waals surface area contributed by atoms with E-state index in [0.29, 0.717) is 17.8 Å². The molecule has 2 atom stereocenters. The van der Waals surface area contributed by atoms with Crippen molar-refractivity contribution < 1.29 is 9.53 Å². The van der Waals surface area contributed by atoms with Gasteiger partial charge in [0, 0.05) is 18.1 Å². The minimum Gasteiger partial charge on any atom is -0.378 e. The number of hydrogen-bond donors (Lipinski definition) is 2. The fourth-order valence-electron chi connectivity index (χ4n) is 5.44. The summed E-state index contributed by atoms with van der Waals surface area (Å²) >= 11 is 0. The van der Waals surface area contributed by atoms with E-state index in [1.54, 1.807) is 0 Å². The highest BCUT2D eigenvalue weighted by molar-refractivity contribution is 5.93. The molecule has 2 aliphatic carbocycles. The van der Waals surface area contributed by atoms with Gasteiger partial charge in [0.1, 0.15) is 0 Å². The first-order valence-electron chi connectivity index (χ1n) is 10.7. The second-order valence-electron chi connectivity index (χ2n) is 8.45. The van der Waals surface area contributed by atoms with Gasteiger partial charge in [-0.3, -0.25) is 4.79 Å². The van der Waals surface area contributed by atoms with Crippen LogP contribution in [0.3, 0.4) is 0 Å². The number of amides is 1. The van der Waals surface area contributed by atoms with Crippen molar-refractivity contribution in [2.24, 2.45) is 5.41 Å². The molecule has 7 heteroatoms. The van der Waals surface area contributed by atoms with Gasteiger partial charge in [0.25, 0.3) is 5.91 Å². The zero-order chi connectivity index (χ0) is 18.9. The Balaban J connectivity index is 1.45. The molecule has 0 aromatic carbocycles. The molecule has 3 aliphatic rings. The molecule has 2 heterocycles. The van der Waals surface area contributed by atoms with Crippen LogP contribution in [0.2, 0.25) is 0 Å². The van der Waals surface area contributed by atoms with E-state index in [2.05, 4.69) is 27.9 Å². The van der Waals surface area contributed by atoms with Crippen molar-refractivity contribution >= 4 is 5.91 Å². The third-order valence-electron chi connectivity index (χ3n) is 7.04. The molecule has 3 fully saturated rings. The van der Waals surface area contributed by atoms with Crippen LogP contribution in [0, 0.1) is 12.3 Å². The van der Waals surface area contributed by atoms with Gasteiger partial charge in [-0.15, -0.1) is 5.10 Å². The molecule has 1 aromatic heterocycles. The monoisotopic (exact) mass is 375 g/mol. The van der Waals surface area contributed by atoms with Gasteiger partial charge in [-0.2, -0.15) is 0 Å². The van der Waals surface area contributed by atoms with Crippen LogP contribution in [-0.4, -0.2) is 52.7 Å². The molecule has 27 heavy (non-hydrogen) atoms. The van der Waals surface area contributed by atoms with Crippen molar-refractivity contribution in [3.05, 3.63) is 11.4 Å². The molecule has 0 bridgehead atoms. The van der Waals surface area contributed by atoms with Crippen LogP contribution in [-0.2, 0) is 4.74 Å². The summed E-state index contributed by atoms with van der Waals surface area (Å²) in [5, 5.41) is 15.2. The zero-order valence-corrected chi connectivity index (χ0v) is 16.7. The topological polar surface area (TPSA) is 81.1 Å². The number of piperidine rings is 1. The molecule has 7 nitrogen and oxygen atoms in total. The molecule has 4 rings (SSSR count). The van der Waals surface area contributed by atoms with Crippen LogP contribution in [0.4, 0.5) is 0 Å². The van der Waals surface area contributed by atoms with Gasteiger partial charge in [-0.25, -0.2) is 4.68 Å². The third kappa shape index (κ3) is 3.40. The van der Waals surface area contributed by atoms with Gasteiger partial charge in [0.05, 0.1) is 17.8 Å². The van der Waals surface area contributed by atoms with Crippen LogP contribution in [0.25, 0.3) is 0 Å². The average molecular weight is 376 g/mol. The normalized spacial score (nSPS) is 28.1. The minimum atomic E-state index is -0.0717. The molecule has 2 N–H and O–H groups in total. The quantitative estimate of drug-likeness (QED) is 0.826. The van der Waals surface area contributed by atoms with Crippen molar-refractivity contribution in [2.45, 2.75) is 83.4 Å². The molecular weight excluding hydrogens is 342 g/mol. The van der Waals surface area contributed by atoms with E-state index in [-0.39, 0.29) is 17.4 Å². The maximum absolute atomic E-state index is 13.0. The first kappa shape index (κ1) is 18.9. The van der Waals surface area contributed by atoms with Crippen LogP contribution in [0.15, 0.2) is 0 Å². The van der Waals surface area contributed by atoms with Gasteiger partial charge in [-0.1, -0.05) is 24.5 Å². The van der Waals surface area contributed by atoms with Crippen molar-refractivity contribution in [3.63, 3.8) is 0 Å². The second kappa shape index (κ2) is 7.87. The van der Waals surface area contributed by atoms with Crippen LogP contribution in [0.1, 0.15) is 80.5 Å². The zero-order valence-electron chi connectivity index (χ0n) is 16.7. The van der Waals surface area contributed by atoms with E-state index in [1.165, 1.54) is 19.3 Å². The largest absolute Gasteiger partial charge is 0.378 e. The molecule has 1 aromatic rings. The summed E-state index contributed by atoms with van der Waals surface area (Å²) in [6.07, 6.45) is 9.36. The van der Waals surface area contributed by atoms with Gasteiger partial charge >= 0.3 is 0 Å². The fraction of sp³-hybridized carbons (Fsp3) is 0.850. The number of nitrogens with one attached hydrogen (secondary N) is 2. The first-order valence-corrected chi connectivity index (χ1v) is 10.7. The Labute approximate surface area is 161 Å². The number of aromatic nitrogens is 3. The highest BCUT2D eigenvalue weighted by atomic mass is 16.5. The van der Waals surface area contributed by atoms with Gasteiger partial charge in [0.15, 0.2) is 5.69 Å². The second-order valence-corrected chi connectivity index (χ2v) is 8.45. The van der Waals surface area contributed by atoms with Crippen molar-refractivity contribution in [2.75, 3.05) is 19.7 Å². The van der Waals surface area contributed by atoms with E-state index < -0.39 is 0 Å². The Morgan fingerprint density at radius 3 is 2.74 bits per heavy atom. The molecule has 1 spiro atoms. The summed E-state index contributed by atoms with van der Waals surface area (Å²) in [6.45, 7) is 6.77. The molecule has 1 aliphatic heterocycles. The van der Waals surface area contributed by atoms with Gasteiger partial charge in [-0.05, 0) is 59.0 Å². The molecule has 150 valence electrons. The molecule has 2 unspecified atom stereocenters. The Morgan fingerprint density at radius 2 is 2.04 bits per heavy atom. The fourth-order valence-corrected chi connectivity index (χ4v) is 5.44. The lowest BCUT2D eigenvalue weighted by atomic mass is 9.55. The summed E-state index contributed by atoms with van der Waals surface area (Å²) in [5.74, 6) is -0.0717. The summed E-state index contributed by atoms with van der Waals surface area (Å²) in [6, 6.07) is 0.543. The van der Waals surface area contributed by atoms with E-state index >= 15 is 0 Å². The predicted octanol–water partition coefficient (Wildman–Crippen LogP) is 2.37. The number of nitrogens with zero attached hydrogens (tertiary/aromatic N) is 3. The van der Waals surface area contributed by atoms with Crippen molar-refractivity contribution in [3.8, 4) is 0 Å². The number of carbonyl (C=O) groups is 1. The third-order valence-corrected chi connectivity index (χ3v) is 7.04. The lowest BCUT2D eigenvalue weighted by Crippen LogP contribution is -2.65. The van der Waals surface area contributed by atoms with E-state index in [0.717, 1.165) is 57.5 Å². The molecular formula is C20H33N5O2. The van der Waals surface area contributed by atoms with Crippen LogP contribution in [0.5, 0.6) is 0 Å². The Kier molecular flexibility index (Phi) is 5.50. The maximum Gasteiger partial charge on any atom is 0.273 e. The summed E-state index contributed by atoms with van der Waals surface area (Å²) in [7, 11) is 0. The van der Waals surface area contributed by atoms with E-state index in [1.807, 2.05) is 11.6 Å². The lowest BCUT2D eigenvalue weighted by Gasteiger charge is -2.57. The standard InChI is InChI=1S/C20H33N5O2/c1-3-27-17-13-16(20(17)9-5-4-6-10-20)22-19(26)18-14(2)25(24-23-18)15-7-11-21-12-8-15/h15-17,21H,3-13H2,1-2H3,(H,22,26). The molecule has 2 saturated carbocycles. The molecule has 1 amide bonds. The van der Waals surface area contributed by atoms with Crippen LogP contribution >= 0.6 is 0 Å². The molecule has 1 saturated heterocycles. The highest BCUT2D eigenvalue weighted by Gasteiger charge is 2.56. The number of carbonyl (C=O) groups excluding carboxylic acids is 1. The molecule has 0 radical (unpaired) electrons. The van der Waals surface area contributed by atoms with Crippen LogP contribution < -0.4 is 10.6 Å². The smallest absolute Gasteiger partial charge is 0.273 e. The summed E-state index contributed by atoms with van der Waals surface area (Å²) in [5.41, 5.74) is 1.50. The lowest BCUT2D eigenvalue weighted by molar-refractivity contribution is -0.146. The predicted molar refractivity (Wildman–Crippen MR) is 103 cm³/mol. The minimum absolute atomic E-state index is 0.0717. The summed E-state index contributed by atoms with van der Waals surface area (Å²) in [4.78, 5) is 13.0. The summed E-state index contributed by atoms with van der Waals surface area (Å²) < 4.78 is 7.96. The van der Waals surface area contributed by atoms with E-state index in [4.69, 9.17) is 4.74 Å². The first-order chi connectivity index (χ1) is 13.2. The van der Waals surface area contributed by atoms with Gasteiger partial charge in [0.2, 0.25) is 0 Å². The highest BCUT2D eigenvalue weighted by Crippen LogP contribution is 2.53. The Hall–Kier alpha value is -1.47. The van der Waals surface area contributed by atoms with Gasteiger partial charge < -0.3 is 15.4 Å². The number of hydrogen-bond acceptors (Lipinski definition) is 5.